The number of nitrogens with zero attached hydrogens (tertiary/aromatic N) is 1. The molecule has 1 unspecified atom stereocenters. The van der Waals surface area contributed by atoms with E-state index >= 15 is 0 Å². The van der Waals surface area contributed by atoms with E-state index in [4.69, 9.17) is 11.6 Å². The molecule has 0 aliphatic heterocycles. The maximum atomic E-state index is 6.07. The Bertz CT molecular complexity index is 499. The fourth-order valence-corrected chi connectivity index (χ4v) is 1.98. The summed E-state index contributed by atoms with van der Waals surface area (Å²) in [5.41, 5.74) is 2.05. The van der Waals surface area contributed by atoms with E-state index in [1.54, 1.807) is 18.5 Å². The molecule has 17 heavy (non-hydrogen) atoms. The number of halogens is 2. The molecule has 0 spiro atoms. The molecule has 1 aromatic heterocycles. The van der Waals surface area contributed by atoms with Crippen molar-refractivity contribution >= 4 is 33.2 Å². The number of benzene rings is 1. The number of aromatic nitrogens is 1. The lowest BCUT2D eigenvalue weighted by Gasteiger charge is -2.16. The lowest BCUT2D eigenvalue weighted by Crippen LogP contribution is -2.06. The van der Waals surface area contributed by atoms with Gasteiger partial charge in [-0.15, -0.1) is 0 Å². The van der Waals surface area contributed by atoms with Crippen LogP contribution in [0.3, 0.4) is 0 Å². The molecule has 0 aliphatic carbocycles. The molecule has 0 radical (unpaired) electrons. The van der Waals surface area contributed by atoms with Crippen molar-refractivity contribution in [2.45, 2.75) is 13.0 Å². The monoisotopic (exact) mass is 310 g/mol. The summed E-state index contributed by atoms with van der Waals surface area (Å²) in [4.78, 5) is 4.05. The largest absolute Gasteiger partial charge is 0.376 e. The van der Waals surface area contributed by atoms with Crippen molar-refractivity contribution < 1.29 is 0 Å². The van der Waals surface area contributed by atoms with Crippen LogP contribution in [0, 0.1) is 0 Å². The van der Waals surface area contributed by atoms with E-state index < -0.39 is 0 Å². The van der Waals surface area contributed by atoms with Gasteiger partial charge in [-0.1, -0.05) is 39.7 Å². The predicted octanol–water partition coefficient (Wildman–Crippen LogP) is 4.67. The number of rotatable bonds is 3. The average Bonchev–Trinajstić information content (AvgIpc) is 2.33. The third kappa shape index (κ3) is 3.20. The molecule has 0 fully saturated rings. The van der Waals surface area contributed by atoms with Crippen molar-refractivity contribution in [3.63, 3.8) is 0 Å². The van der Waals surface area contributed by atoms with Crippen molar-refractivity contribution in [3.05, 3.63) is 57.8 Å². The third-order valence-electron chi connectivity index (χ3n) is 2.51. The maximum absolute atomic E-state index is 6.07. The van der Waals surface area contributed by atoms with E-state index in [-0.39, 0.29) is 6.04 Å². The van der Waals surface area contributed by atoms with Crippen molar-refractivity contribution in [3.8, 4) is 0 Å². The molecule has 0 amide bonds. The third-order valence-corrected chi connectivity index (χ3v) is 3.37. The van der Waals surface area contributed by atoms with Gasteiger partial charge in [-0.2, -0.15) is 0 Å². The average molecular weight is 312 g/mol. The van der Waals surface area contributed by atoms with Crippen LogP contribution in [0.1, 0.15) is 18.5 Å². The zero-order valence-corrected chi connectivity index (χ0v) is 11.7. The smallest absolute Gasteiger partial charge is 0.0720 e. The van der Waals surface area contributed by atoms with Gasteiger partial charge in [0.15, 0.2) is 0 Å². The normalized spacial score (nSPS) is 12.2. The Morgan fingerprint density at radius 1 is 1.24 bits per heavy atom. The Balaban J connectivity index is 2.14. The molecule has 0 aliphatic rings. The molecule has 0 bridgehead atoms. The van der Waals surface area contributed by atoms with Crippen LogP contribution < -0.4 is 5.32 Å². The van der Waals surface area contributed by atoms with Crippen LogP contribution in [-0.2, 0) is 0 Å². The first kappa shape index (κ1) is 12.4. The lowest BCUT2D eigenvalue weighted by molar-refractivity contribution is 0.882. The summed E-state index contributed by atoms with van der Waals surface area (Å²) in [6.45, 7) is 2.09. The first-order valence-electron chi connectivity index (χ1n) is 5.28. The van der Waals surface area contributed by atoms with Crippen molar-refractivity contribution in [2.24, 2.45) is 0 Å². The van der Waals surface area contributed by atoms with Crippen LogP contribution in [-0.4, -0.2) is 4.98 Å². The molecule has 1 atom stereocenters. The van der Waals surface area contributed by atoms with Gasteiger partial charge >= 0.3 is 0 Å². The zero-order valence-electron chi connectivity index (χ0n) is 9.32. The summed E-state index contributed by atoms with van der Waals surface area (Å²) in [5.74, 6) is 0. The zero-order chi connectivity index (χ0) is 12.3. The number of nitrogens with one attached hydrogen (secondary N) is 1. The molecule has 2 nitrogen and oxygen atoms in total. The van der Waals surface area contributed by atoms with Crippen LogP contribution in [0.25, 0.3) is 0 Å². The van der Waals surface area contributed by atoms with E-state index in [1.807, 2.05) is 12.1 Å². The first-order chi connectivity index (χ1) is 8.16. The fourth-order valence-electron chi connectivity index (χ4n) is 1.55. The number of hydrogen-bond donors (Lipinski definition) is 1. The minimum absolute atomic E-state index is 0.185. The van der Waals surface area contributed by atoms with Gasteiger partial charge in [0, 0.05) is 16.7 Å². The standard InChI is InChI=1S/C13H12BrClN2/c1-9(10-2-4-11(14)5-3-10)17-13-8-16-7-6-12(13)15/h2-9,17H,1H3. The topological polar surface area (TPSA) is 24.9 Å². The van der Waals surface area contributed by atoms with E-state index in [0.717, 1.165) is 10.2 Å². The Labute approximate surface area is 114 Å². The molecular formula is C13H12BrClN2. The summed E-state index contributed by atoms with van der Waals surface area (Å²) in [6, 6.07) is 10.2. The number of pyridine rings is 1. The molecular weight excluding hydrogens is 300 g/mol. The molecule has 1 heterocycles. The van der Waals surface area contributed by atoms with Gasteiger partial charge in [-0.25, -0.2) is 0 Å². The summed E-state index contributed by atoms with van der Waals surface area (Å²) < 4.78 is 1.08. The maximum Gasteiger partial charge on any atom is 0.0720 e. The quantitative estimate of drug-likeness (QED) is 0.891. The predicted molar refractivity (Wildman–Crippen MR) is 75.4 cm³/mol. The Hall–Kier alpha value is -1.06. The molecule has 0 saturated carbocycles. The fraction of sp³-hybridized carbons (Fsp3) is 0.154. The van der Waals surface area contributed by atoms with Gasteiger partial charge in [-0.05, 0) is 30.7 Å². The number of anilines is 1. The molecule has 1 N–H and O–H groups in total. The Kier molecular flexibility index (Phi) is 4.02. The lowest BCUT2D eigenvalue weighted by atomic mass is 10.1. The molecule has 0 saturated heterocycles. The highest BCUT2D eigenvalue weighted by molar-refractivity contribution is 9.10. The van der Waals surface area contributed by atoms with Gasteiger partial charge in [0.1, 0.15) is 0 Å². The number of hydrogen-bond acceptors (Lipinski definition) is 2. The summed E-state index contributed by atoms with van der Waals surface area (Å²) in [7, 11) is 0. The van der Waals surface area contributed by atoms with Crippen LogP contribution in [0.15, 0.2) is 47.2 Å². The second-order valence-corrected chi connectivity index (χ2v) is 5.10. The SMILES string of the molecule is CC(Nc1cnccc1Cl)c1ccc(Br)cc1. The molecule has 2 rings (SSSR count). The van der Waals surface area contributed by atoms with Crippen molar-refractivity contribution in [1.29, 1.82) is 0 Å². The van der Waals surface area contributed by atoms with Gasteiger partial charge in [-0.3, -0.25) is 4.98 Å². The molecule has 1 aromatic carbocycles. The Morgan fingerprint density at radius 2 is 1.94 bits per heavy atom. The van der Waals surface area contributed by atoms with Crippen LogP contribution in [0.2, 0.25) is 5.02 Å². The van der Waals surface area contributed by atoms with Gasteiger partial charge in [0.05, 0.1) is 16.9 Å². The van der Waals surface area contributed by atoms with Crippen molar-refractivity contribution in [2.75, 3.05) is 5.32 Å². The highest BCUT2D eigenvalue weighted by Gasteiger charge is 2.07. The Morgan fingerprint density at radius 3 is 2.59 bits per heavy atom. The van der Waals surface area contributed by atoms with Gasteiger partial charge in [0.25, 0.3) is 0 Å². The second-order valence-electron chi connectivity index (χ2n) is 3.77. The summed E-state index contributed by atoms with van der Waals surface area (Å²) in [5, 5.41) is 4.02. The minimum Gasteiger partial charge on any atom is -0.376 e. The van der Waals surface area contributed by atoms with Crippen molar-refractivity contribution in [1.82, 2.24) is 4.98 Å². The second kappa shape index (κ2) is 5.52. The van der Waals surface area contributed by atoms with E-state index in [1.165, 1.54) is 5.56 Å². The first-order valence-corrected chi connectivity index (χ1v) is 6.45. The summed E-state index contributed by atoms with van der Waals surface area (Å²) >= 11 is 9.49. The van der Waals surface area contributed by atoms with Crippen LogP contribution in [0.5, 0.6) is 0 Å². The summed E-state index contributed by atoms with van der Waals surface area (Å²) in [6.07, 6.45) is 3.41. The van der Waals surface area contributed by atoms with E-state index in [0.29, 0.717) is 5.02 Å². The minimum atomic E-state index is 0.185. The molecule has 88 valence electrons. The highest BCUT2D eigenvalue weighted by atomic mass is 79.9. The van der Waals surface area contributed by atoms with Crippen LogP contribution >= 0.6 is 27.5 Å². The molecule has 4 heteroatoms. The van der Waals surface area contributed by atoms with E-state index in [9.17, 15) is 0 Å². The van der Waals surface area contributed by atoms with E-state index in [2.05, 4.69) is 45.3 Å². The van der Waals surface area contributed by atoms with Crippen LogP contribution in [0.4, 0.5) is 5.69 Å². The molecule has 2 aromatic rings. The van der Waals surface area contributed by atoms with Gasteiger partial charge < -0.3 is 5.32 Å². The van der Waals surface area contributed by atoms with Gasteiger partial charge in [0.2, 0.25) is 0 Å². The highest BCUT2D eigenvalue weighted by Crippen LogP contribution is 2.25.